The summed E-state index contributed by atoms with van der Waals surface area (Å²) in [6, 6.07) is 16.2. The molecule has 0 radical (unpaired) electrons. The molecule has 29 heavy (non-hydrogen) atoms. The van der Waals surface area contributed by atoms with Crippen molar-refractivity contribution in [1.29, 1.82) is 0 Å². The molecule has 2 aromatic rings. The molecular formula is C23H32IN3O2. The lowest BCUT2D eigenvalue weighted by atomic mass is 9.90. The SMILES string of the molecule is CN=C(NCCc1ccc(OC)cc1O)N1CCC(Cc2ccccc2)CC1.I. The van der Waals surface area contributed by atoms with Gasteiger partial charge in [0.25, 0.3) is 0 Å². The van der Waals surface area contributed by atoms with E-state index in [1.54, 1.807) is 13.2 Å². The predicted molar refractivity (Wildman–Crippen MR) is 130 cm³/mol. The van der Waals surface area contributed by atoms with Crippen LogP contribution < -0.4 is 10.1 Å². The molecule has 3 rings (SSSR count). The highest BCUT2D eigenvalue weighted by molar-refractivity contribution is 14.0. The van der Waals surface area contributed by atoms with Gasteiger partial charge in [-0.1, -0.05) is 36.4 Å². The second-order valence-electron chi connectivity index (χ2n) is 7.34. The molecule has 0 spiro atoms. The number of phenolic OH excluding ortho intramolecular Hbond substituents is 1. The molecule has 6 heteroatoms. The summed E-state index contributed by atoms with van der Waals surface area (Å²) in [5.41, 5.74) is 2.34. The number of rotatable bonds is 6. The molecule has 0 unspecified atom stereocenters. The second-order valence-corrected chi connectivity index (χ2v) is 7.34. The van der Waals surface area contributed by atoms with Gasteiger partial charge in [-0.05, 0) is 48.8 Å². The normalized spacial score (nSPS) is 15.0. The standard InChI is InChI=1S/C23H31N3O2.HI/c1-24-23(25-13-10-20-8-9-21(28-2)17-22(20)27)26-14-11-19(12-15-26)16-18-6-4-3-5-7-18;/h3-9,17,19,27H,10-16H2,1-2H3,(H,24,25);1H. The number of benzene rings is 2. The summed E-state index contributed by atoms with van der Waals surface area (Å²) in [6.45, 7) is 2.80. The molecule has 0 amide bonds. The van der Waals surface area contributed by atoms with E-state index >= 15 is 0 Å². The van der Waals surface area contributed by atoms with Crippen LogP contribution in [0.3, 0.4) is 0 Å². The van der Waals surface area contributed by atoms with Gasteiger partial charge in [-0.3, -0.25) is 4.99 Å². The van der Waals surface area contributed by atoms with Gasteiger partial charge < -0.3 is 20.1 Å². The zero-order valence-electron chi connectivity index (χ0n) is 17.3. The number of methoxy groups -OCH3 is 1. The largest absolute Gasteiger partial charge is 0.508 e. The molecule has 1 heterocycles. The smallest absolute Gasteiger partial charge is 0.193 e. The number of piperidine rings is 1. The first-order valence-corrected chi connectivity index (χ1v) is 10.0. The van der Waals surface area contributed by atoms with Crippen LogP contribution in [-0.2, 0) is 12.8 Å². The van der Waals surface area contributed by atoms with Crippen LogP contribution >= 0.6 is 24.0 Å². The highest BCUT2D eigenvalue weighted by atomic mass is 127. The highest BCUT2D eigenvalue weighted by Crippen LogP contribution is 2.24. The van der Waals surface area contributed by atoms with Crippen LogP contribution in [0.15, 0.2) is 53.5 Å². The van der Waals surface area contributed by atoms with E-state index in [0.29, 0.717) is 5.75 Å². The van der Waals surface area contributed by atoms with E-state index in [2.05, 4.69) is 45.5 Å². The molecule has 0 aliphatic carbocycles. The third-order valence-electron chi connectivity index (χ3n) is 5.46. The van der Waals surface area contributed by atoms with Crippen LogP contribution in [-0.4, -0.2) is 49.8 Å². The van der Waals surface area contributed by atoms with Crippen molar-refractivity contribution >= 4 is 29.9 Å². The molecule has 1 saturated heterocycles. The number of nitrogens with one attached hydrogen (secondary N) is 1. The number of hydrogen-bond donors (Lipinski definition) is 2. The fraction of sp³-hybridized carbons (Fsp3) is 0.435. The van der Waals surface area contributed by atoms with Crippen LogP contribution in [0.25, 0.3) is 0 Å². The van der Waals surface area contributed by atoms with Gasteiger partial charge in [0, 0.05) is 32.7 Å². The summed E-state index contributed by atoms with van der Waals surface area (Å²) >= 11 is 0. The minimum absolute atomic E-state index is 0. The minimum atomic E-state index is 0. The zero-order chi connectivity index (χ0) is 19.8. The summed E-state index contributed by atoms with van der Waals surface area (Å²) in [5.74, 6) is 2.64. The maximum atomic E-state index is 10.1. The lowest BCUT2D eigenvalue weighted by Gasteiger charge is -2.34. The van der Waals surface area contributed by atoms with E-state index in [1.165, 1.54) is 18.4 Å². The van der Waals surface area contributed by atoms with Gasteiger partial charge in [-0.15, -0.1) is 24.0 Å². The zero-order valence-corrected chi connectivity index (χ0v) is 19.6. The minimum Gasteiger partial charge on any atom is -0.508 e. The van der Waals surface area contributed by atoms with Gasteiger partial charge in [0.1, 0.15) is 11.5 Å². The van der Waals surface area contributed by atoms with Crippen molar-refractivity contribution in [2.75, 3.05) is 33.8 Å². The first-order valence-electron chi connectivity index (χ1n) is 10.0. The summed E-state index contributed by atoms with van der Waals surface area (Å²) in [5, 5.41) is 13.5. The van der Waals surface area contributed by atoms with Crippen LogP contribution in [0.4, 0.5) is 0 Å². The van der Waals surface area contributed by atoms with Gasteiger partial charge in [0.05, 0.1) is 7.11 Å². The number of aliphatic imine (C=N–C) groups is 1. The molecular weight excluding hydrogens is 477 g/mol. The number of phenols is 1. The van der Waals surface area contributed by atoms with Crippen molar-refractivity contribution in [3.8, 4) is 11.5 Å². The van der Waals surface area contributed by atoms with Crippen LogP contribution in [0.5, 0.6) is 11.5 Å². The fourth-order valence-electron chi connectivity index (χ4n) is 3.82. The molecule has 0 atom stereocenters. The van der Waals surface area contributed by atoms with Crippen molar-refractivity contribution in [2.45, 2.75) is 25.7 Å². The van der Waals surface area contributed by atoms with Crippen molar-refractivity contribution in [3.05, 3.63) is 59.7 Å². The first kappa shape index (κ1) is 23.3. The van der Waals surface area contributed by atoms with E-state index < -0.39 is 0 Å². The molecule has 2 N–H and O–H groups in total. The summed E-state index contributed by atoms with van der Waals surface area (Å²) in [6.07, 6.45) is 4.28. The molecule has 0 aromatic heterocycles. The Labute approximate surface area is 191 Å². The van der Waals surface area contributed by atoms with Crippen molar-refractivity contribution in [1.82, 2.24) is 10.2 Å². The third kappa shape index (κ3) is 6.80. The fourth-order valence-corrected chi connectivity index (χ4v) is 3.82. The second kappa shape index (κ2) is 11.9. The van der Waals surface area contributed by atoms with Gasteiger partial charge in [-0.2, -0.15) is 0 Å². The molecule has 1 fully saturated rings. The number of halogens is 1. The average Bonchev–Trinajstić information content (AvgIpc) is 2.73. The Balaban J connectivity index is 0.00000300. The highest BCUT2D eigenvalue weighted by Gasteiger charge is 2.21. The Morgan fingerprint density at radius 2 is 1.90 bits per heavy atom. The summed E-state index contributed by atoms with van der Waals surface area (Å²) in [7, 11) is 3.44. The Morgan fingerprint density at radius 3 is 2.52 bits per heavy atom. The Bertz CT molecular complexity index is 775. The van der Waals surface area contributed by atoms with Gasteiger partial charge in [0.2, 0.25) is 0 Å². The monoisotopic (exact) mass is 509 g/mol. The molecule has 0 bridgehead atoms. The summed E-state index contributed by atoms with van der Waals surface area (Å²) < 4.78 is 5.13. The van der Waals surface area contributed by atoms with E-state index in [-0.39, 0.29) is 29.7 Å². The molecule has 1 aliphatic rings. The first-order chi connectivity index (χ1) is 13.7. The van der Waals surface area contributed by atoms with Crippen molar-refractivity contribution in [2.24, 2.45) is 10.9 Å². The Hall–Kier alpha value is -1.96. The number of likely N-dealkylation sites (tertiary alicyclic amines) is 1. The van der Waals surface area contributed by atoms with Crippen molar-refractivity contribution < 1.29 is 9.84 Å². The average molecular weight is 509 g/mol. The quantitative estimate of drug-likeness (QED) is 0.350. The third-order valence-corrected chi connectivity index (χ3v) is 5.46. The Morgan fingerprint density at radius 1 is 1.17 bits per heavy atom. The number of guanidine groups is 1. The lowest BCUT2D eigenvalue weighted by Crippen LogP contribution is -2.46. The molecule has 158 valence electrons. The number of aromatic hydroxyl groups is 1. The van der Waals surface area contributed by atoms with Crippen molar-refractivity contribution in [3.63, 3.8) is 0 Å². The van der Waals surface area contributed by atoms with E-state index in [4.69, 9.17) is 4.74 Å². The van der Waals surface area contributed by atoms with Crippen LogP contribution in [0.2, 0.25) is 0 Å². The maximum Gasteiger partial charge on any atom is 0.193 e. The van der Waals surface area contributed by atoms with E-state index in [1.807, 2.05) is 19.2 Å². The van der Waals surface area contributed by atoms with Crippen LogP contribution in [0, 0.1) is 5.92 Å². The topological polar surface area (TPSA) is 57.1 Å². The summed E-state index contributed by atoms with van der Waals surface area (Å²) in [4.78, 5) is 6.79. The van der Waals surface area contributed by atoms with E-state index in [9.17, 15) is 5.11 Å². The Kier molecular flexibility index (Phi) is 9.57. The van der Waals surface area contributed by atoms with Gasteiger partial charge in [0.15, 0.2) is 5.96 Å². The van der Waals surface area contributed by atoms with E-state index in [0.717, 1.165) is 49.9 Å². The van der Waals surface area contributed by atoms with Gasteiger partial charge in [-0.25, -0.2) is 0 Å². The number of hydrogen-bond acceptors (Lipinski definition) is 3. The molecule has 5 nitrogen and oxygen atoms in total. The van der Waals surface area contributed by atoms with Gasteiger partial charge >= 0.3 is 0 Å². The number of ether oxygens (including phenoxy) is 1. The molecule has 0 saturated carbocycles. The predicted octanol–water partition coefficient (Wildman–Crippen LogP) is 4.09. The molecule has 2 aromatic carbocycles. The maximum absolute atomic E-state index is 10.1. The lowest BCUT2D eigenvalue weighted by molar-refractivity contribution is 0.259. The van der Waals surface area contributed by atoms with Crippen LogP contribution in [0.1, 0.15) is 24.0 Å². The number of nitrogens with zero attached hydrogens (tertiary/aromatic N) is 2. The molecule has 1 aliphatic heterocycles.